The molecule has 0 spiro atoms. The largest absolute Gasteiger partial charge is 0.354 e. The van der Waals surface area contributed by atoms with E-state index in [1.807, 2.05) is 13.1 Å². The molecule has 0 fully saturated rings. The highest BCUT2D eigenvalue weighted by Gasteiger charge is 2.26. The lowest BCUT2D eigenvalue weighted by atomic mass is 9.96. The molecule has 1 aromatic heterocycles. The molecule has 102 valence electrons. The van der Waals surface area contributed by atoms with E-state index in [2.05, 4.69) is 17.2 Å². The Balaban J connectivity index is 2.35. The number of rotatable bonds is 7. The van der Waals surface area contributed by atoms with Crippen molar-refractivity contribution in [3.05, 3.63) is 16.1 Å². The van der Waals surface area contributed by atoms with Gasteiger partial charge in [-0.1, -0.05) is 20.3 Å². The van der Waals surface area contributed by atoms with E-state index in [0.29, 0.717) is 13.0 Å². The Morgan fingerprint density at radius 3 is 2.83 bits per heavy atom. The lowest BCUT2D eigenvalue weighted by Gasteiger charge is -2.22. The Bertz CT molecular complexity index is 387. The molecule has 0 aliphatic heterocycles. The minimum Gasteiger partial charge on any atom is -0.354 e. The van der Waals surface area contributed by atoms with Crippen LogP contribution in [0.15, 0.2) is 6.20 Å². The van der Waals surface area contributed by atoms with Gasteiger partial charge in [0.1, 0.15) is 0 Å². The molecule has 1 atom stereocenters. The Labute approximate surface area is 113 Å². The van der Waals surface area contributed by atoms with E-state index in [1.165, 1.54) is 4.88 Å². The van der Waals surface area contributed by atoms with E-state index in [1.54, 1.807) is 18.3 Å². The Morgan fingerprint density at radius 2 is 2.28 bits per heavy atom. The van der Waals surface area contributed by atoms with Crippen LogP contribution >= 0.6 is 11.3 Å². The molecule has 5 heteroatoms. The zero-order valence-corrected chi connectivity index (χ0v) is 12.3. The number of thiazole rings is 1. The first kappa shape index (κ1) is 15.1. The monoisotopic (exact) mass is 269 g/mol. The molecule has 0 saturated heterocycles. The molecule has 3 N–H and O–H groups in total. The summed E-state index contributed by atoms with van der Waals surface area (Å²) in [6.45, 7) is 6.53. The maximum Gasteiger partial charge on any atom is 0.239 e. The van der Waals surface area contributed by atoms with Crippen LogP contribution in [0.25, 0.3) is 0 Å². The normalized spacial score (nSPS) is 14.2. The predicted octanol–water partition coefficient (Wildman–Crippen LogP) is 1.88. The molecule has 4 nitrogen and oxygen atoms in total. The highest BCUT2D eigenvalue weighted by Crippen LogP contribution is 2.13. The first-order valence-corrected chi connectivity index (χ1v) is 7.32. The average Bonchev–Trinajstić information content (AvgIpc) is 2.76. The van der Waals surface area contributed by atoms with Gasteiger partial charge in [0, 0.05) is 24.0 Å². The number of hydrogen-bond acceptors (Lipinski definition) is 4. The van der Waals surface area contributed by atoms with Crippen molar-refractivity contribution in [2.75, 3.05) is 6.54 Å². The summed E-state index contributed by atoms with van der Waals surface area (Å²) in [5.41, 5.74) is 5.19. The van der Waals surface area contributed by atoms with E-state index >= 15 is 0 Å². The van der Waals surface area contributed by atoms with E-state index in [-0.39, 0.29) is 5.91 Å². The number of aryl methyl sites for hydroxylation is 1. The summed E-state index contributed by atoms with van der Waals surface area (Å²) in [5, 5.41) is 3.96. The fraction of sp³-hybridized carbons (Fsp3) is 0.692. The van der Waals surface area contributed by atoms with Crippen molar-refractivity contribution < 1.29 is 4.79 Å². The van der Waals surface area contributed by atoms with Crippen molar-refractivity contribution >= 4 is 17.2 Å². The number of carbonyl (C=O) groups excluding carboxylic acids is 1. The summed E-state index contributed by atoms with van der Waals surface area (Å²) in [4.78, 5) is 17.5. The zero-order valence-electron chi connectivity index (χ0n) is 11.5. The van der Waals surface area contributed by atoms with E-state index in [0.717, 1.165) is 24.3 Å². The van der Waals surface area contributed by atoms with Crippen molar-refractivity contribution in [3.8, 4) is 0 Å². The number of nitrogens with zero attached hydrogens (tertiary/aromatic N) is 1. The van der Waals surface area contributed by atoms with E-state index in [4.69, 9.17) is 5.73 Å². The third-order valence-electron chi connectivity index (χ3n) is 2.86. The molecule has 1 heterocycles. The zero-order chi connectivity index (χ0) is 13.6. The van der Waals surface area contributed by atoms with Gasteiger partial charge in [0.2, 0.25) is 5.91 Å². The second-order valence-corrected chi connectivity index (χ2v) is 5.95. The number of aromatic nitrogens is 1. The van der Waals surface area contributed by atoms with Gasteiger partial charge < -0.3 is 11.1 Å². The van der Waals surface area contributed by atoms with E-state index in [9.17, 15) is 4.79 Å². The van der Waals surface area contributed by atoms with E-state index < -0.39 is 5.54 Å². The Kier molecular flexibility index (Phi) is 5.75. The first-order valence-electron chi connectivity index (χ1n) is 6.50. The SMILES string of the molecule is CCCC(C)(N)C(=O)NCCc1ncc(CC)s1. The maximum absolute atomic E-state index is 11.9. The van der Waals surface area contributed by atoms with Gasteiger partial charge in [0.25, 0.3) is 0 Å². The summed E-state index contributed by atoms with van der Waals surface area (Å²) < 4.78 is 0. The van der Waals surface area contributed by atoms with Gasteiger partial charge in [-0.2, -0.15) is 0 Å². The van der Waals surface area contributed by atoms with Crippen LogP contribution in [0.5, 0.6) is 0 Å². The molecular formula is C13H23N3OS. The van der Waals surface area contributed by atoms with Crippen molar-refractivity contribution in [2.45, 2.75) is 52.0 Å². The van der Waals surface area contributed by atoms with Crippen LogP contribution in [-0.4, -0.2) is 23.0 Å². The smallest absolute Gasteiger partial charge is 0.239 e. The molecule has 1 rings (SSSR count). The minimum absolute atomic E-state index is 0.0726. The minimum atomic E-state index is -0.758. The highest BCUT2D eigenvalue weighted by molar-refractivity contribution is 7.11. The van der Waals surface area contributed by atoms with Crippen LogP contribution in [0.4, 0.5) is 0 Å². The number of nitrogens with two attached hydrogens (primary N) is 1. The van der Waals surface area contributed by atoms with Gasteiger partial charge in [0.15, 0.2) is 0 Å². The summed E-state index contributed by atoms with van der Waals surface area (Å²) in [7, 11) is 0. The second-order valence-electron chi connectivity index (χ2n) is 4.75. The Hall–Kier alpha value is -0.940. The van der Waals surface area contributed by atoms with Gasteiger partial charge in [-0.3, -0.25) is 4.79 Å². The maximum atomic E-state index is 11.9. The van der Waals surface area contributed by atoms with Gasteiger partial charge in [-0.05, 0) is 19.8 Å². The fourth-order valence-electron chi connectivity index (χ4n) is 1.74. The summed E-state index contributed by atoms with van der Waals surface area (Å²) >= 11 is 1.71. The molecule has 18 heavy (non-hydrogen) atoms. The molecule has 0 saturated carbocycles. The number of amides is 1. The van der Waals surface area contributed by atoms with Crippen molar-refractivity contribution in [1.82, 2.24) is 10.3 Å². The molecule has 0 aliphatic carbocycles. The number of carbonyl (C=O) groups is 1. The molecule has 0 aliphatic rings. The summed E-state index contributed by atoms with van der Waals surface area (Å²) in [6, 6.07) is 0. The third kappa shape index (κ3) is 4.38. The standard InChI is InChI=1S/C13H23N3OS/c1-4-7-13(3,14)12(17)15-8-6-11-16-9-10(5-2)18-11/h9H,4-8,14H2,1-3H3,(H,15,17). The van der Waals surface area contributed by atoms with Crippen LogP contribution in [0.2, 0.25) is 0 Å². The highest BCUT2D eigenvalue weighted by atomic mass is 32.1. The average molecular weight is 269 g/mol. The topological polar surface area (TPSA) is 68.0 Å². The molecule has 1 amide bonds. The molecule has 0 aromatic carbocycles. The lowest BCUT2D eigenvalue weighted by Crippen LogP contribution is -2.51. The number of nitrogens with one attached hydrogen (secondary N) is 1. The predicted molar refractivity (Wildman–Crippen MR) is 75.7 cm³/mol. The first-order chi connectivity index (χ1) is 8.49. The number of hydrogen-bond donors (Lipinski definition) is 2. The summed E-state index contributed by atoms with van der Waals surface area (Å²) in [5.74, 6) is -0.0726. The van der Waals surface area contributed by atoms with Gasteiger partial charge in [-0.15, -0.1) is 11.3 Å². The van der Waals surface area contributed by atoms with Gasteiger partial charge in [-0.25, -0.2) is 4.98 Å². The molecular weight excluding hydrogens is 246 g/mol. The quantitative estimate of drug-likeness (QED) is 0.794. The van der Waals surface area contributed by atoms with Crippen molar-refractivity contribution in [1.29, 1.82) is 0 Å². The third-order valence-corrected chi connectivity index (χ3v) is 4.06. The van der Waals surface area contributed by atoms with Crippen LogP contribution < -0.4 is 11.1 Å². The van der Waals surface area contributed by atoms with Crippen LogP contribution in [0.1, 0.15) is 43.5 Å². The van der Waals surface area contributed by atoms with Crippen molar-refractivity contribution in [2.24, 2.45) is 5.73 Å². The van der Waals surface area contributed by atoms with Crippen LogP contribution in [-0.2, 0) is 17.6 Å². The molecule has 0 bridgehead atoms. The van der Waals surface area contributed by atoms with Gasteiger partial charge >= 0.3 is 0 Å². The second kappa shape index (κ2) is 6.85. The summed E-state index contributed by atoms with van der Waals surface area (Å²) in [6.07, 6.45) is 5.31. The van der Waals surface area contributed by atoms with Gasteiger partial charge in [0.05, 0.1) is 10.5 Å². The lowest BCUT2D eigenvalue weighted by molar-refractivity contribution is -0.126. The fourth-order valence-corrected chi connectivity index (χ4v) is 2.61. The molecule has 1 aromatic rings. The van der Waals surface area contributed by atoms with Crippen LogP contribution in [0.3, 0.4) is 0 Å². The molecule has 0 radical (unpaired) electrons. The van der Waals surface area contributed by atoms with Crippen molar-refractivity contribution in [3.63, 3.8) is 0 Å². The van der Waals surface area contributed by atoms with Crippen LogP contribution in [0, 0.1) is 0 Å². The Morgan fingerprint density at radius 1 is 1.56 bits per heavy atom. The molecule has 1 unspecified atom stereocenters.